The van der Waals surface area contributed by atoms with Crippen LogP contribution in [0, 0.1) is 11.7 Å². The van der Waals surface area contributed by atoms with Crippen LogP contribution in [0.4, 0.5) is 41.2 Å². The molecular weight excluding hydrogens is 609 g/mol. The number of halogens is 7. The van der Waals surface area contributed by atoms with Gasteiger partial charge in [-0.1, -0.05) is 12.1 Å². The van der Waals surface area contributed by atoms with Crippen molar-refractivity contribution < 1.29 is 45.1 Å². The van der Waals surface area contributed by atoms with Crippen LogP contribution in [-0.4, -0.2) is 66.9 Å². The summed E-state index contributed by atoms with van der Waals surface area (Å²) in [6.45, 7) is 1.87. The smallest absolute Gasteiger partial charge is 0.354 e. The Morgan fingerprint density at radius 3 is 1.91 bits per heavy atom. The van der Waals surface area contributed by atoms with E-state index in [0.717, 1.165) is 11.9 Å². The van der Waals surface area contributed by atoms with Gasteiger partial charge in [-0.2, -0.15) is 26.3 Å². The number of amides is 4. The SMILES string of the molecule is CC(=O)NC1CCC(C(=O)N2CC[C@@H](N(C)C(=O)N(C)c3cc(C(F)(F)F)cc(C(F)(F)F)c3)[C@H](c3ccc(F)cc3)C2)CC1. The number of benzene rings is 2. The van der Waals surface area contributed by atoms with E-state index in [0.29, 0.717) is 43.4 Å². The van der Waals surface area contributed by atoms with E-state index in [9.17, 15) is 45.1 Å². The summed E-state index contributed by atoms with van der Waals surface area (Å²) in [6.07, 6.45) is -7.41. The maximum absolute atomic E-state index is 13.8. The molecule has 2 fully saturated rings. The summed E-state index contributed by atoms with van der Waals surface area (Å²) >= 11 is 0. The molecule has 0 bridgehead atoms. The van der Waals surface area contributed by atoms with Crippen LogP contribution in [0.2, 0.25) is 0 Å². The number of anilines is 1. The number of likely N-dealkylation sites (tertiary alicyclic amines) is 1. The largest absolute Gasteiger partial charge is 0.416 e. The number of nitrogens with zero attached hydrogens (tertiary/aromatic N) is 3. The highest BCUT2D eigenvalue weighted by Gasteiger charge is 2.41. The van der Waals surface area contributed by atoms with Gasteiger partial charge in [0.15, 0.2) is 0 Å². The summed E-state index contributed by atoms with van der Waals surface area (Å²) in [5.41, 5.74) is -3.06. The average Bonchev–Trinajstić information content (AvgIpc) is 2.98. The number of hydrogen-bond donors (Lipinski definition) is 1. The summed E-state index contributed by atoms with van der Waals surface area (Å²) in [7, 11) is 2.50. The van der Waals surface area contributed by atoms with Gasteiger partial charge in [-0.05, 0) is 68.0 Å². The number of urea groups is 1. The van der Waals surface area contributed by atoms with Gasteiger partial charge in [0.1, 0.15) is 5.82 Å². The minimum atomic E-state index is -5.08. The number of hydrogen-bond acceptors (Lipinski definition) is 3. The molecule has 14 heteroatoms. The van der Waals surface area contributed by atoms with Gasteiger partial charge in [-0.15, -0.1) is 0 Å². The lowest BCUT2D eigenvalue weighted by atomic mass is 9.82. The number of rotatable bonds is 5. The molecule has 1 saturated heterocycles. The normalized spacial score (nSPS) is 22.5. The summed E-state index contributed by atoms with van der Waals surface area (Å²) < 4.78 is 94.6. The molecule has 0 radical (unpaired) electrons. The second-order valence-corrected chi connectivity index (χ2v) is 11.8. The van der Waals surface area contributed by atoms with Crippen LogP contribution in [0.15, 0.2) is 42.5 Å². The third kappa shape index (κ3) is 8.06. The van der Waals surface area contributed by atoms with Crippen molar-refractivity contribution in [3.05, 3.63) is 65.0 Å². The van der Waals surface area contributed by atoms with Gasteiger partial charge >= 0.3 is 18.4 Å². The fourth-order valence-corrected chi connectivity index (χ4v) is 6.29. The van der Waals surface area contributed by atoms with Crippen LogP contribution >= 0.6 is 0 Å². The molecule has 1 aliphatic heterocycles. The summed E-state index contributed by atoms with van der Waals surface area (Å²) in [6, 6.07) is 5.06. The number of alkyl halides is 6. The molecule has 2 aromatic carbocycles. The Bertz CT molecular complexity index is 1360. The predicted octanol–water partition coefficient (Wildman–Crippen LogP) is 6.43. The van der Waals surface area contributed by atoms with Crippen molar-refractivity contribution in [2.45, 2.75) is 69.4 Å². The number of carbonyl (C=O) groups excluding carboxylic acids is 3. The number of carbonyl (C=O) groups is 3. The summed E-state index contributed by atoms with van der Waals surface area (Å²) in [4.78, 5) is 42.2. The first-order valence-electron chi connectivity index (χ1n) is 14.6. The van der Waals surface area contributed by atoms with Crippen LogP contribution in [0.25, 0.3) is 0 Å². The minimum Gasteiger partial charge on any atom is -0.354 e. The van der Waals surface area contributed by atoms with E-state index in [1.54, 1.807) is 4.90 Å². The van der Waals surface area contributed by atoms with Crippen LogP contribution in [0.5, 0.6) is 0 Å². The zero-order valence-electron chi connectivity index (χ0n) is 25.0. The monoisotopic (exact) mass is 644 g/mol. The Morgan fingerprint density at radius 1 is 0.844 bits per heavy atom. The first-order valence-corrected chi connectivity index (χ1v) is 14.6. The van der Waals surface area contributed by atoms with Crippen molar-refractivity contribution in [2.75, 3.05) is 32.1 Å². The molecule has 1 saturated carbocycles. The number of piperidine rings is 1. The van der Waals surface area contributed by atoms with E-state index >= 15 is 0 Å². The van der Waals surface area contributed by atoms with E-state index in [-0.39, 0.29) is 49.4 Å². The maximum atomic E-state index is 13.8. The highest BCUT2D eigenvalue weighted by atomic mass is 19.4. The molecule has 246 valence electrons. The number of nitrogens with one attached hydrogen (secondary N) is 1. The highest BCUT2D eigenvalue weighted by molar-refractivity contribution is 5.92. The van der Waals surface area contributed by atoms with Gasteiger partial charge in [0.25, 0.3) is 0 Å². The van der Waals surface area contributed by atoms with Crippen LogP contribution in [0.1, 0.15) is 61.6 Å². The molecule has 7 nitrogen and oxygen atoms in total. The van der Waals surface area contributed by atoms with Crippen molar-refractivity contribution in [2.24, 2.45) is 5.92 Å². The topological polar surface area (TPSA) is 73.0 Å². The van der Waals surface area contributed by atoms with Crippen LogP contribution < -0.4 is 10.2 Å². The van der Waals surface area contributed by atoms with E-state index in [2.05, 4.69) is 5.32 Å². The predicted molar refractivity (Wildman–Crippen MR) is 152 cm³/mol. The van der Waals surface area contributed by atoms with Crippen molar-refractivity contribution in [3.8, 4) is 0 Å². The van der Waals surface area contributed by atoms with Crippen LogP contribution in [-0.2, 0) is 21.9 Å². The fraction of sp³-hybridized carbons (Fsp3) is 0.516. The molecule has 0 spiro atoms. The van der Waals surface area contributed by atoms with Crippen LogP contribution in [0.3, 0.4) is 0 Å². The molecule has 2 aliphatic rings. The Balaban J connectivity index is 1.56. The lowest BCUT2D eigenvalue weighted by Crippen LogP contribution is -2.55. The fourth-order valence-electron chi connectivity index (χ4n) is 6.29. The lowest BCUT2D eigenvalue weighted by molar-refractivity contribution is -0.143. The maximum Gasteiger partial charge on any atom is 0.416 e. The molecule has 2 aromatic rings. The van der Waals surface area contributed by atoms with Gasteiger partial charge < -0.3 is 15.1 Å². The summed E-state index contributed by atoms with van der Waals surface area (Å²) in [5, 5.41) is 2.88. The molecule has 0 unspecified atom stereocenters. The van der Waals surface area contributed by atoms with Gasteiger partial charge in [0, 0.05) is 63.7 Å². The first kappa shape index (κ1) is 34.0. The molecule has 4 rings (SSSR count). The molecule has 2 atom stereocenters. The Labute approximate surface area is 256 Å². The Kier molecular flexibility index (Phi) is 10.0. The van der Waals surface area contributed by atoms with E-state index in [1.807, 2.05) is 0 Å². The van der Waals surface area contributed by atoms with Crippen molar-refractivity contribution in [1.29, 1.82) is 0 Å². The summed E-state index contributed by atoms with van der Waals surface area (Å²) in [5.74, 6) is -1.48. The molecule has 45 heavy (non-hydrogen) atoms. The molecular formula is C31H35F7N4O3. The van der Waals surface area contributed by atoms with Gasteiger partial charge in [0.2, 0.25) is 11.8 Å². The average molecular weight is 645 g/mol. The van der Waals surface area contributed by atoms with Gasteiger partial charge in [-0.25, -0.2) is 9.18 Å². The quantitative estimate of drug-likeness (QED) is 0.382. The molecule has 0 aromatic heterocycles. The Hall–Kier alpha value is -3.84. The van der Waals surface area contributed by atoms with Gasteiger partial charge in [-0.3, -0.25) is 14.5 Å². The molecule has 4 amide bonds. The second-order valence-electron chi connectivity index (χ2n) is 11.8. The zero-order valence-corrected chi connectivity index (χ0v) is 25.0. The first-order chi connectivity index (χ1) is 21.0. The molecule has 1 aliphatic carbocycles. The second kappa shape index (κ2) is 13.3. The highest BCUT2D eigenvalue weighted by Crippen LogP contribution is 2.39. The van der Waals surface area contributed by atoms with Crippen molar-refractivity contribution in [3.63, 3.8) is 0 Å². The third-order valence-corrected chi connectivity index (χ3v) is 8.72. The Morgan fingerprint density at radius 2 is 1.40 bits per heavy atom. The van der Waals surface area contributed by atoms with E-state index in [4.69, 9.17) is 0 Å². The minimum absolute atomic E-state index is 0.00457. The number of likely N-dealkylation sites (N-methyl/N-ethyl adjacent to an activating group) is 1. The van der Waals surface area contributed by atoms with Crippen molar-refractivity contribution >= 4 is 23.5 Å². The lowest BCUT2D eigenvalue weighted by Gasteiger charge is -2.45. The third-order valence-electron chi connectivity index (χ3n) is 8.72. The van der Waals surface area contributed by atoms with Gasteiger partial charge in [0.05, 0.1) is 11.1 Å². The standard InChI is InChI=1S/C31H35F7N4O3/c1-18(43)39-24-10-6-20(7-11-24)28(44)42-13-12-27(26(17-42)19-4-8-23(32)9-5-19)41(3)29(45)40(2)25-15-21(30(33,34)35)14-22(16-25)31(36,37)38/h4-5,8-9,14-16,20,24,26-27H,6-7,10-13,17H2,1-3H3,(H,39,43)/t20?,24?,26-,27+/m0/s1. The molecule has 1 heterocycles. The van der Waals surface area contributed by atoms with E-state index in [1.165, 1.54) is 43.1 Å². The molecule has 1 N–H and O–H groups in total. The van der Waals surface area contributed by atoms with Crippen molar-refractivity contribution in [1.82, 2.24) is 15.1 Å². The van der Waals surface area contributed by atoms with E-state index < -0.39 is 53.0 Å². The zero-order chi connectivity index (χ0) is 33.3.